The summed E-state index contributed by atoms with van der Waals surface area (Å²) in [4.78, 5) is 15.8. The highest BCUT2D eigenvalue weighted by atomic mass is 32.2. The fourth-order valence-electron chi connectivity index (χ4n) is 2.50. The fourth-order valence-corrected chi connectivity index (χ4v) is 3.51. The minimum atomic E-state index is -0.904. The van der Waals surface area contributed by atoms with Gasteiger partial charge in [-0.25, -0.2) is 0 Å². The summed E-state index contributed by atoms with van der Waals surface area (Å²) in [6.45, 7) is 2.22. The molecule has 1 aliphatic heterocycles. The third kappa shape index (κ3) is 4.20. The zero-order valence-corrected chi connectivity index (χ0v) is 12.9. The average Bonchev–Trinajstić information content (AvgIpc) is 2.60. The van der Waals surface area contributed by atoms with Crippen LogP contribution in [0.5, 0.6) is 0 Å². The second-order valence-corrected chi connectivity index (χ2v) is 6.88. The Morgan fingerprint density at radius 1 is 1.40 bits per heavy atom. The largest absolute Gasteiger partial charge is 0.396 e. The van der Waals surface area contributed by atoms with Crippen LogP contribution in [0.1, 0.15) is 51.9 Å². The minimum absolute atomic E-state index is 0.0748. The van der Waals surface area contributed by atoms with Gasteiger partial charge in [0, 0.05) is 6.61 Å². The maximum Gasteiger partial charge on any atom is 0.268 e. The normalized spacial score (nSPS) is 30.5. The van der Waals surface area contributed by atoms with Gasteiger partial charge in [0.15, 0.2) is 10.1 Å². The van der Waals surface area contributed by atoms with Gasteiger partial charge in [-0.05, 0) is 37.9 Å². The highest BCUT2D eigenvalue weighted by Crippen LogP contribution is 2.34. The zero-order chi connectivity index (χ0) is 14.4. The molecule has 0 aromatic rings. The first-order chi connectivity index (χ1) is 9.64. The van der Waals surface area contributed by atoms with Gasteiger partial charge in [0.25, 0.3) is 5.91 Å². The molecule has 2 N–H and O–H groups in total. The van der Waals surface area contributed by atoms with Crippen molar-refractivity contribution in [1.82, 2.24) is 5.32 Å². The molecule has 1 heterocycles. The summed E-state index contributed by atoms with van der Waals surface area (Å²) >= 11 is 1.36. The van der Waals surface area contributed by atoms with Crippen LogP contribution in [-0.4, -0.2) is 40.4 Å². The van der Waals surface area contributed by atoms with E-state index < -0.39 is 4.93 Å². The lowest BCUT2D eigenvalue weighted by atomic mass is 10.1. The van der Waals surface area contributed by atoms with Crippen molar-refractivity contribution in [2.24, 2.45) is 4.99 Å². The smallest absolute Gasteiger partial charge is 0.268 e. The van der Waals surface area contributed by atoms with E-state index in [4.69, 9.17) is 9.84 Å². The van der Waals surface area contributed by atoms with Crippen molar-refractivity contribution >= 4 is 22.8 Å². The Labute approximate surface area is 124 Å². The van der Waals surface area contributed by atoms with Crippen molar-refractivity contribution in [2.45, 2.75) is 62.8 Å². The number of thioether (sulfide) groups is 1. The van der Waals surface area contributed by atoms with Gasteiger partial charge in [0.2, 0.25) is 0 Å². The molecule has 5 nitrogen and oxygen atoms in total. The number of ether oxygens (including phenoxy) is 1. The molecular formula is C14H24N2O3S. The zero-order valence-electron chi connectivity index (χ0n) is 12.1. The van der Waals surface area contributed by atoms with Crippen LogP contribution in [0, 0.1) is 0 Å². The second kappa shape index (κ2) is 7.43. The summed E-state index contributed by atoms with van der Waals surface area (Å²) < 4.78 is 5.60. The lowest BCUT2D eigenvalue weighted by Crippen LogP contribution is -2.36. The summed E-state index contributed by atoms with van der Waals surface area (Å²) in [6, 6.07) is 0.333. The molecule has 20 heavy (non-hydrogen) atoms. The summed E-state index contributed by atoms with van der Waals surface area (Å²) in [5.74, 6) is -0.146. The van der Waals surface area contributed by atoms with Crippen molar-refractivity contribution in [3.63, 3.8) is 0 Å². The van der Waals surface area contributed by atoms with Gasteiger partial charge in [-0.15, -0.1) is 0 Å². The summed E-state index contributed by atoms with van der Waals surface area (Å²) in [5.41, 5.74) is 0. The summed E-state index contributed by atoms with van der Waals surface area (Å²) in [6.07, 6.45) is 7.81. The van der Waals surface area contributed by atoms with Gasteiger partial charge in [0.1, 0.15) is 0 Å². The molecule has 1 unspecified atom stereocenters. The minimum Gasteiger partial charge on any atom is -0.396 e. The Morgan fingerprint density at radius 3 is 2.75 bits per heavy atom. The number of hydrogen-bond donors (Lipinski definition) is 2. The highest BCUT2D eigenvalue weighted by Gasteiger charge is 2.43. The third-order valence-corrected chi connectivity index (χ3v) is 4.82. The van der Waals surface area contributed by atoms with E-state index in [-0.39, 0.29) is 12.5 Å². The Morgan fingerprint density at radius 2 is 2.10 bits per heavy atom. The molecule has 2 rings (SSSR count). The average molecular weight is 300 g/mol. The maximum absolute atomic E-state index is 12.0. The molecule has 2 aliphatic rings. The quantitative estimate of drug-likeness (QED) is 0.602. The van der Waals surface area contributed by atoms with Gasteiger partial charge >= 0.3 is 0 Å². The molecule has 6 heteroatoms. The molecule has 1 aliphatic carbocycles. The Kier molecular flexibility index (Phi) is 5.86. The number of aliphatic hydroxyl groups is 1. The van der Waals surface area contributed by atoms with Gasteiger partial charge in [-0.3, -0.25) is 9.79 Å². The van der Waals surface area contributed by atoms with E-state index >= 15 is 0 Å². The van der Waals surface area contributed by atoms with Crippen molar-refractivity contribution < 1.29 is 14.6 Å². The van der Waals surface area contributed by atoms with Gasteiger partial charge < -0.3 is 15.2 Å². The Balaban J connectivity index is 1.92. The lowest BCUT2D eigenvalue weighted by molar-refractivity contribution is -0.132. The van der Waals surface area contributed by atoms with Crippen LogP contribution >= 0.6 is 11.8 Å². The van der Waals surface area contributed by atoms with Crippen molar-refractivity contribution in [2.75, 3.05) is 13.2 Å². The van der Waals surface area contributed by atoms with Crippen LogP contribution in [0.15, 0.2) is 4.99 Å². The second-order valence-electron chi connectivity index (χ2n) is 5.51. The third-order valence-electron chi connectivity index (χ3n) is 3.73. The number of carbonyl (C=O) groups is 1. The number of carbonyl (C=O) groups excluding carboxylic acids is 1. The van der Waals surface area contributed by atoms with Crippen LogP contribution in [0.2, 0.25) is 0 Å². The molecule has 114 valence electrons. The summed E-state index contributed by atoms with van der Waals surface area (Å²) in [7, 11) is 0. The van der Waals surface area contributed by atoms with Crippen LogP contribution < -0.4 is 5.32 Å². The van der Waals surface area contributed by atoms with Crippen molar-refractivity contribution in [1.29, 1.82) is 0 Å². The number of amides is 1. The number of hydrogen-bond acceptors (Lipinski definition) is 5. The first-order valence-corrected chi connectivity index (χ1v) is 8.29. The molecular weight excluding hydrogens is 276 g/mol. The molecule has 0 aromatic heterocycles. The number of nitrogens with zero attached hydrogens (tertiary/aromatic N) is 1. The van der Waals surface area contributed by atoms with Crippen molar-refractivity contribution in [3.8, 4) is 0 Å². The van der Waals surface area contributed by atoms with Crippen LogP contribution in [0.25, 0.3) is 0 Å². The molecule has 0 radical (unpaired) electrons. The molecule has 1 amide bonds. The van der Waals surface area contributed by atoms with E-state index in [1.165, 1.54) is 37.4 Å². The van der Waals surface area contributed by atoms with E-state index in [0.717, 1.165) is 12.8 Å². The van der Waals surface area contributed by atoms with Gasteiger partial charge in [-0.1, -0.05) is 25.7 Å². The highest BCUT2D eigenvalue weighted by molar-refractivity contribution is 8.16. The molecule has 1 saturated heterocycles. The first kappa shape index (κ1) is 15.8. The standard InChI is InChI=1S/C14H24N2O3S/c1-14(19-10-6-9-17)12(18)16-13(20-14)15-11-7-4-2-3-5-8-11/h11,17H,2-10H2,1H3,(H,15,16,18). The molecule has 0 aromatic carbocycles. The van der Waals surface area contributed by atoms with E-state index in [9.17, 15) is 4.79 Å². The van der Waals surface area contributed by atoms with E-state index in [1.54, 1.807) is 6.92 Å². The topological polar surface area (TPSA) is 70.9 Å². The SMILES string of the molecule is CC1(OCCCO)SC(=NC2CCCCCC2)NC1=O. The number of rotatable bonds is 5. The molecule has 0 bridgehead atoms. The lowest BCUT2D eigenvalue weighted by Gasteiger charge is -2.19. The number of nitrogens with one attached hydrogen (secondary N) is 1. The molecule has 1 atom stereocenters. The predicted molar refractivity (Wildman–Crippen MR) is 80.7 cm³/mol. The Hall–Kier alpha value is -0.590. The molecule has 1 saturated carbocycles. The first-order valence-electron chi connectivity index (χ1n) is 7.47. The maximum atomic E-state index is 12.0. The Bertz CT molecular complexity index is 367. The molecule has 2 fully saturated rings. The van der Waals surface area contributed by atoms with Gasteiger partial charge in [-0.2, -0.15) is 0 Å². The van der Waals surface area contributed by atoms with Crippen LogP contribution in [-0.2, 0) is 9.53 Å². The van der Waals surface area contributed by atoms with E-state index in [2.05, 4.69) is 10.3 Å². The van der Waals surface area contributed by atoms with E-state index in [1.807, 2.05) is 0 Å². The van der Waals surface area contributed by atoms with Crippen LogP contribution in [0.4, 0.5) is 0 Å². The number of aliphatic imine (C=N–C) groups is 1. The number of amidine groups is 1. The van der Waals surface area contributed by atoms with Crippen LogP contribution in [0.3, 0.4) is 0 Å². The number of aliphatic hydroxyl groups excluding tert-OH is 1. The monoisotopic (exact) mass is 300 g/mol. The fraction of sp³-hybridized carbons (Fsp3) is 0.857. The molecule has 0 spiro atoms. The predicted octanol–water partition coefficient (Wildman–Crippen LogP) is 2.04. The summed E-state index contributed by atoms with van der Waals surface area (Å²) in [5, 5.41) is 12.3. The van der Waals surface area contributed by atoms with E-state index in [0.29, 0.717) is 24.2 Å². The van der Waals surface area contributed by atoms with Crippen molar-refractivity contribution in [3.05, 3.63) is 0 Å². The van der Waals surface area contributed by atoms with Gasteiger partial charge in [0.05, 0.1) is 12.6 Å².